The van der Waals surface area contributed by atoms with Gasteiger partial charge in [-0.2, -0.15) is 0 Å². The zero-order chi connectivity index (χ0) is 12.8. The summed E-state index contributed by atoms with van der Waals surface area (Å²) < 4.78 is 23.7. The second-order valence-electron chi connectivity index (χ2n) is 3.71. The lowest BCUT2D eigenvalue weighted by Gasteiger charge is -2.12. The SMILES string of the molecule is CCC(OC)C(=O)Cc1cccc(OC)c1F. The number of hydrogen-bond donors (Lipinski definition) is 0. The molecule has 4 heteroatoms. The maximum Gasteiger partial charge on any atom is 0.168 e. The smallest absolute Gasteiger partial charge is 0.168 e. The number of hydrogen-bond acceptors (Lipinski definition) is 3. The third-order valence-electron chi connectivity index (χ3n) is 2.64. The van der Waals surface area contributed by atoms with E-state index in [0.29, 0.717) is 12.0 Å². The summed E-state index contributed by atoms with van der Waals surface area (Å²) in [6, 6.07) is 4.77. The van der Waals surface area contributed by atoms with Crippen molar-refractivity contribution in [1.29, 1.82) is 0 Å². The van der Waals surface area contributed by atoms with Crippen molar-refractivity contribution in [2.45, 2.75) is 25.9 Å². The summed E-state index contributed by atoms with van der Waals surface area (Å²) in [5.41, 5.74) is 0.338. The fraction of sp³-hybridized carbons (Fsp3) is 0.462. The van der Waals surface area contributed by atoms with Gasteiger partial charge in [0.05, 0.1) is 7.11 Å². The molecule has 0 heterocycles. The Balaban J connectivity index is 2.85. The predicted octanol–water partition coefficient (Wildman–Crippen LogP) is 2.37. The molecule has 0 bridgehead atoms. The summed E-state index contributed by atoms with van der Waals surface area (Å²) >= 11 is 0. The molecule has 3 nitrogen and oxygen atoms in total. The van der Waals surface area contributed by atoms with Gasteiger partial charge in [-0.1, -0.05) is 19.1 Å². The Labute approximate surface area is 101 Å². The van der Waals surface area contributed by atoms with Crippen molar-refractivity contribution >= 4 is 5.78 Å². The minimum atomic E-state index is -0.477. The summed E-state index contributed by atoms with van der Waals surface area (Å²) in [5.74, 6) is -0.447. The van der Waals surface area contributed by atoms with Crippen LogP contribution in [0.3, 0.4) is 0 Å². The molecule has 0 amide bonds. The number of carbonyl (C=O) groups excluding carboxylic acids is 1. The van der Waals surface area contributed by atoms with Gasteiger partial charge in [0.1, 0.15) is 6.10 Å². The van der Waals surface area contributed by atoms with Crippen LogP contribution in [-0.2, 0) is 16.0 Å². The Morgan fingerprint density at radius 1 is 1.41 bits per heavy atom. The van der Waals surface area contributed by atoms with Gasteiger partial charge in [0.15, 0.2) is 17.3 Å². The second-order valence-corrected chi connectivity index (χ2v) is 3.71. The molecule has 0 spiro atoms. The topological polar surface area (TPSA) is 35.5 Å². The summed E-state index contributed by atoms with van der Waals surface area (Å²) in [5, 5.41) is 0. The van der Waals surface area contributed by atoms with Gasteiger partial charge in [-0.25, -0.2) is 4.39 Å². The fourth-order valence-corrected chi connectivity index (χ4v) is 1.68. The number of ether oxygens (including phenoxy) is 2. The average Bonchev–Trinajstić information content (AvgIpc) is 2.33. The molecule has 0 radical (unpaired) electrons. The lowest BCUT2D eigenvalue weighted by molar-refractivity contribution is -0.128. The molecule has 17 heavy (non-hydrogen) atoms. The monoisotopic (exact) mass is 240 g/mol. The van der Waals surface area contributed by atoms with Crippen LogP contribution in [-0.4, -0.2) is 26.1 Å². The second kappa shape index (κ2) is 6.35. The van der Waals surface area contributed by atoms with Gasteiger partial charge in [0, 0.05) is 13.5 Å². The first-order valence-corrected chi connectivity index (χ1v) is 5.50. The Hall–Kier alpha value is -1.42. The number of halogens is 1. The lowest BCUT2D eigenvalue weighted by atomic mass is 10.0. The summed E-state index contributed by atoms with van der Waals surface area (Å²) in [4.78, 5) is 11.8. The fourth-order valence-electron chi connectivity index (χ4n) is 1.68. The van der Waals surface area contributed by atoms with E-state index >= 15 is 0 Å². The van der Waals surface area contributed by atoms with Gasteiger partial charge in [0.2, 0.25) is 0 Å². The molecule has 1 atom stereocenters. The van der Waals surface area contributed by atoms with Crippen molar-refractivity contribution in [1.82, 2.24) is 0 Å². The van der Waals surface area contributed by atoms with Gasteiger partial charge >= 0.3 is 0 Å². The first kappa shape index (κ1) is 13.6. The molecule has 0 saturated heterocycles. The van der Waals surface area contributed by atoms with Crippen LogP contribution in [0.2, 0.25) is 0 Å². The minimum absolute atomic E-state index is 0.0232. The van der Waals surface area contributed by atoms with Crippen LogP contribution in [0.25, 0.3) is 0 Å². The van der Waals surface area contributed by atoms with E-state index in [1.807, 2.05) is 6.92 Å². The molecular weight excluding hydrogens is 223 g/mol. The van der Waals surface area contributed by atoms with Crippen molar-refractivity contribution in [3.05, 3.63) is 29.6 Å². The van der Waals surface area contributed by atoms with E-state index in [1.165, 1.54) is 20.3 Å². The number of rotatable bonds is 6. The van der Waals surface area contributed by atoms with Crippen LogP contribution >= 0.6 is 0 Å². The average molecular weight is 240 g/mol. The van der Waals surface area contributed by atoms with Gasteiger partial charge in [0.25, 0.3) is 0 Å². The van der Waals surface area contributed by atoms with E-state index in [9.17, 15) is 9.18 Å². The zero-order valence-corrected chi connectivity index (χ0v) is 10.3. The van der Waals surface area contributed by atoms with Crippen LogP contribution in [0.4, 0.5) is 4.39 Å². The van der Waals surface area contributed by atoms with Crippen LogP contribution < -0.4 is 4.74 Å². The van der Waals surface area contributed by atoms with Gasteiger partial charge in [-0.15, -0.1) is 0 Å². The molecule has 1 aromatic rings. The predicted molar refractivity (Wildman–Crippen MR) is 62.8 cm³/mol. The molecular formula is C13H17FO3. The molecule has 94 valence electrons. The number of Topliss-reactive ketones (excluding diaryl/α,β-unsaturated/α-hetero) is 1. The Bertz CT molecular complexity index is 386. The molecule has 0 aliphatic rings. The van der Waals surface area contributed by atoms with E-state index in [4.69, 9.17) is 9.47 Å². The Kier molecular flexibility index (Phi) is 5.10. The molecule has 0 fully saturated rings. The normalized spacial score (nSPS) is 12.2. The van der Waals surface area contributed by atoms with Crippen molar-refractivity contribution in [2.24, 2.45) is 0 Å². The molecule has 1 rings (SSSR count). The number of carbonyl (C=O) groups is 1. The maximum absolute atomic E-state index is 13.8. The molecule has 1 aromatic carbocycles. The molecule has 1 unspecified atom stereocenters. The quantitative estimate of drug-likeness (QED) is 0.765. The molecule has 0 N–H and O–H groups in total. The molecule has 0 aliphatic heterocycles. The third-order valence-corrected chi connectivity index (χ3v) is 2.64. The van der Waals surface area contributed by atoms with Crippen molar-refractivity contribution in [3.63, 3.8) is 0 Å². The van der Waals surface area contributed by atoms with E-state index in [0.717, 1.165) is 0 Å². The van der Waals surface area contributed by atoms with E-state index in [2.05, 4.69) is 0 Å². The van der Waals surface area contributed by atoms with Crippen LogP contribution in [0.1, 0.15) is 18.9 Å². The van der Waals surface area contributed by atoms with Gasteiger partial charge < -0.3 is 9.47 Å². The highest BCUT2D eigenvalue weighted by molar-refractivity contribution is 5.85. The number of benzene rings is 1. The Morgan fingerprint density at radius 2 is 2.12 bits per heavy atom. The highest BCUT2D eigenvalue weighted by Crippen LogP contribution is 2.21. The van der Waals surface area contributed by atoms with Crippen LogP contribution in [0.15, 0.2) is 18.2 Å². The third kappa shape index (κ3) is 3.27. The molecule has 0 saturated carbocycles. The first-order valence-electron chi connectivity index (χ1n) is 5.50. The highest BCUT2D eigenvalue weighted by Gasteiger charge is 2.18. The Morgan fingerprint density at radius 3 is 2.65 bits per heavy atom. The lowest BCUT2D eigenvalue weighted by Crippen LogP contribution is -2.24. The number of ketones is 1. The summed E-state index contributed by atoms with van der Waals surface area (Å²) in [6.45, 7) is 1.86. The largest absolute Gasteiger partial charge is 0.494 e. The maximum atomic E-state index is 13.8. The van der Waals surface area contributed by atoms with Crippen molar-refractivity contribution in [2.75, 3.05) is 14.2 Å². The highest BCUT2D eigenvalue weighted by atomic mass is 19.1. The van der Waals surface area contributed by atoms with Crippen LogP contribution in [0.5, 0.6) is 5.75 Å². The molecule has 0 aromatic heterocycles. The minimum Gasteiger partial charge on any atom is -0.494 e. The molecule has 0 aliphatic carbocycles. The number of methoxy groups -OCH3 is 2. The first-order chi connectivity index (χ1) is 8.13. The van der Waals surface area contributed by atoms with Crippen LogP contribution in [0, 0.1) is 5.82 Å². The van der Waals surface area contributed by atoms with Gasteiger partial charge in [-0.3, -0.25) is 4.79 Å². The van der Waals surface area contributed by atoms with E-state index < -0.39 is 11.9 Å². The van der Waals surface area contributed by atoms with E-state index in [1.54, 1.807) is 12.1 Å². The van der Waals surface area contributed by atoms with Gasteiger partial charge in [-0.05, 0) is 18.1 Å². The van der Waals surface area contributed by atoms with Crippen molar-refractivity contribution < 1.29 is 18.7 Å². The zero-order valence-electron chi connectivity index (χ0n) is 10.3. The standard InChI is InChI=1S/C13H17FO3/c1-4-11(16-2)10(15)8-9-6-5-7-12(17-3)13(9)14/h5-7,11H,4,8H2,1-3H3. The van der Waals surface area contributed by atoms with E-state index in [-0.39, 0.29) is 18.0 Å². The summed E-state index contributed by atoms with van der Waals surface area (Å²) in [7, 11) is 2.88. The summed E-state index contributed by atoms with van der Waals surface area (Å²) in [6.07, 6.45) is 0.136. The van der Waals surface area contributed by atoms with Crippen molar-refractivity contribution in [3.8, 4) is 5.75 Å².